The molecule has 0 saturated heterocycles. The molecule has 3 rings (SSSR count). The zero-order chi connectivity index (χ0) is 16.1. The molecule has 122 valence electrons. The van der Waals surface area contributed by atoms with Crippen molar-refractivity contribution in [3.05, 3.63) is 47.1 Å². The molecule has 1 N–H and O–H groups in total. The highest BCUT2D eigenvalue weighted by Crippen LogP contribution is 2.28. The van der Waals surface area contributed by atoms with Crippen LogP contribution in [0.3, 0.4) is 0 Å². The van der Waals surface area contributed by atoms with Crippen molar-refractivity contribution in [1.29, 1.82) is 0 Å². The Morgan fingerprint density at radius 2 is 2.22 bits per heavy atom. The topological polar surface area (TPSA) is 68.0 Å². The summed E-state index contributed by atoms with van der Waals surface area (Å²) in [6.07, 6.45) is 6.34. The van der Waals surface area contributed by atoms with Crippen molar-refractivity contribution in [2.75, 3.05) is 0 Å². The van der Waals surface area contributed by atoms with Crippen LogP contribution in [-0.4, -0.2) is 16.0 Å². The number of benzene rings is 1. The average Bonchev–Trinajstić information content (AvgIpc) is 2.85. The van der Waals surface area contributed by atoms with E-state index in [1.54, 1.807) is 6.92 Å². The quantitative estimate of drug-likeness (QED) is 0.860. The molecule has 0 aliphatic heterocycles. The molecule has 0 radical (unpaired) electrons. The Kier molecular flexibility index (Phi) is 5.05. The molecule has 1 heterocycles. The van der Waals surface area contributed by atoms with E-state index in [-0.39, 0.29) is 11.9 Å². The maximum Gasteiger partial charge on any atom is 0.226 e. The molecule has 5 heteroatoms. The van der Waals surface area contributed by atoms with Crippen molar-refractivity contribution in [3.8, 4) is 0 Å². The molecule has 23 heavy (non-hydrogen) atoms. The van der Waals surface area contributed by atoms with Crippen LogP contribution >= 0.6 is 0 Å². The lowest BCUT2D eigenvalue weighted by atomic mass is 9.99. The molecule has 1 aliphatic rings. The largest absolute Gasteiger partial charge is 0.349 e. The molecule has 1 aromatic carbocycles. The van der Waals surface area contributed by atoms with Crippen LogP contribution in [0.15, 0.2) is 28.8 Å². The molecule has 1 aliphatic carbocycles. The molecular weight excluding hydrogens is 290 g/mol. The summed E-state index contributed by atoms with van der Waals surface area (Å²) >= 11 is 0. The summed E-state index contributed by atoms with van der Waals surface area (Å²) in [5.74, 6) is 1.34. The van der Waals surface area contributed by atoms with Crippen LogP contribution in [0, 0.1) is 6.92 Å². The van der Waals surface area contributed by atoms with E-state index in [0.29, 0.717) is 24.6 Å². The smallest absolute Gasteiger partial charge is 0.226 e. The van der Waals surface area contributed by atoms with Crippen molar-refractivity contribution in [2.45, 2.75) is 57.9 Å². The van der Waals surface area contributed by atoms with Gasteiger partial charge < -0.3 is 9.84 Å². The number of nitrogens with zero attached hydrogens (tertiary/aromatic N) is 2. The first-order valence-electron chi connectivity index (χ1n) is 8.39. The second-order valence-electron chi connectivity index (χ2n) is 6.15. The van der Waals surface area contributed by atoms with Gasteiger partial charge in [0, 0.05) is 12.8 Å². The van der Waals surface area contributed by atoms with Gasteiger partial charge in [-0.05, 0) is 43.7 Å². The van der Waals surface area contributed by atoms with Crippen molar-refractivity contribution < 1.29 is 9.32 Å². The number of hydrogen-bond donors (Lipinski definition) is 1. The van der Waals surface area contributed by atoms with Gasteiger partial charge in [0.25, 0.3) is 0 Å². The summed E-state index contributed by atoms with van der Waals surface area (Å²) in [5.41, 5.74) is 2.66. The standard InChI is InChI=1S/C18H23N3O2/c1-13-19-18(23-21-13)12-6-11-17(22)20-16-10-5-3-8-14-7-2-4-9-15(14)16/h2,4,7,9,16H,3,5-6,8,10-12H2,1H3,(H,20,22). The van der Waals surface area contributed by atoms with Gasteiger partial charge in [0.2, 0.25) is 11.8 Å². The van der Waals surface area contributed by atoms with E-state index in [4.69, 9.17) is 4.52 Å². The Bertz CT molecular complexity index is 666. The van der Waals surface area contributed by atoms with Crippen LogP contribution in [0.5, 0.6) is 0 Å². The van der Waals surface area contributed by atoms with Gasteiger partial charge in [0.1, 0.15) is 0 Å². The van der Waals surface area contributed by atoms with Crippen molar-refractivity contribution >= 4 is 5.91 Å². The molecule has 1 atom stereocenters. The highest BCUT2D eigenvalue weighted by Gasteiger charge is 2.19. The van der Waals surface area contributed by atoms with E-state index < -0.39 is 0 Å². The lowest BCUT2D eigenvalue weighted by molar-refractivity contribution is -0.122. The Morgan fingerprint density at radius 3 is 3.04 bits per heavy atom. The van der Waals surface area contributed by atoms with Crippen LogP contribution < -0.4 is 5.32 Å². The number of carbonyl (C=O) groups excluding carboxylic acids is 1. The minimum absolute atomic E-state index is 0.0999. The van der Waals surface area contributed by atoms with Crippen LogP contribution in [-0.2, 0) is 17.6 Å². The normalized spacial score (nSPS) is 17.3. The third kappa shape index (κ3) is 4.18. The van der Waals surface area contributed by atoms with Crippen LogP contribution in [0.4, 0.5) is 0 Å². The SMILES string of the molecule is Cc1noc(CCCC(=O)NC2CCCCc3ccccc32)n1. The summed E-state index contributed by atoms with van der Waals surface area (Å²) in [4.78, 5) is 16.4. The summed E-state index contributed by atoms with van der Waals surface area (Å²) in [6, 6.07) is 8.60. The molecule has 0 bridgehead atoms. The van der Waals surface area contributed by atoms with Gasteiger partial charge in [0.15, 0.2) is 5.82 Å². The Hall–Kier alpha value is -2.17. The maximum atomic E-state index is 12.3. The van der Waals surface area contributed by atoms with Crippen molar-refractivity contribution in [1.82, 2.24) is 15.5 Å². The summed E-state index contributed by atoms with van der Waals surface area (Å²) in [7, 11) is 0. The zero-order valence-electron chi connectivity index (χ0n) is 13.5. The third-order valence-corrected chi connectivity index (χ3v) is 4.32. The van der Waals surface area contributed by atoms with Gasteiger partial charge in [-0.2, -0.15) is 4.98 Å². The van der Waals surface area contributed by atoms with E-state index in [9.17, 15) is 4.79 Å². The number of aromatic nitrogens is 2. The molecule has 0 saturated carbocycles. The Balaban J connectivity index is 1.53. The van der Waals surface area contributed by atoms with E-state index in [0.717, 1.165) is 25.7 Å². The fourth-order valence-electron chi connectivity index (χ4n) is 3.18. The average molecular weight is 313 g/mol. The number of amides is 1. The molecule has 1 aromatic heterocycles. The van der Waals surface area contributed by atoms with Gasteiger partial charge in [-0.15, -0.1) is 0 Å². The lowest BCUT2D eigenvalue weighted by Crippen LogP contribution is -2.28. The second-order valence-corrected chi connectivity index (χ2v) is 6.15. The first kappa shape index (κ1) is 15.7. The molecule has 1 amide bonds. The molecule has 0 fully saturated rings. The second kappa shape index (κ2) is 7.40. The van der Waals surface area contributed by atoms with Gasteiger partial charge in [0.05, 0.1) is 6.04 Å². The monoisotopic (exact) mass is 313 g/mol. The molecule has 1 unspecified atom stereocenters. The maximum absolute atomic E-state index is 12.3. The number of aryl methyl sites for hydroxylation is 3. The summed E-state index contributed by atoms with van der Waals surface area (Å²) in [6.45, 7) is 1.79. The molecule has 2 aromatic rings. The molecule has 5 nitrogen and oxygen atoms in total. The highest BCUT2D eigenvalue weighted by molar-refractivity contribution is 5.76. The lowest BCUT2D eigenvalue weighted by Gasteiger charge is -2.19. The number of nitrogens with one attached hydrogen (secondary N) is 1. The highest BCUT2D eigenvalue weighted by atomic mass is 16.5. The third-order valence-electron chi connectivity index (χ3n) is 4.32. The Labute approximate surface area is 136 Å². The molecular formula is C18H23N3O2. The van der Waals surface area contributed by atoms with E-state index in [2.05, 4.69) is 39.7 Å². The summed E-state index contributed by atoms with van der Waals surface area (Å²) in [5, 5.41) is 6.96. The minimum Gasteiger partial charge on any atom is -0.349 e. The van der Waals surface area contributed by atoms with Gasteiger partial charge >= 0.3 is 0 Å². The fraction of sp³-hybridized carbons (Fsp3) is 0.500. The van der Waals surface area contributed by atoms with Gasteiger partial charge in [-0.3, -0.25) is 4.79 Å². The number of rotatable bonds is 5. The van der Waals surface area contributed by atoms with Gasteiger partial charge in [-0.1, -0.05) is 35.8 Å². The predicted molar refractivity (Wildman–Crippen MR) is 86.9 cm³/mol. The van der Waals surface area contributed by atoms with Crippen LogP contribution in [0.2, 0.25) is 0 Å². The van der Waals surface area contributed by atoms with Gasteiger partial charge in [-0.25, -0.2) is 0 Å². The van der Waals surface area contributed by atoms with Crippen molar-refractivity contribution in [2.24, 2.45) is 0 Å². The number of hydrogen-bond acceptors (Lipinski definition) is 4. The predicted octanol–water partition coefficient (Wildman–Crippen LogP) is 3.28. The van der Waals surface area contributed by atoms with Crippen molar-refractivity contribution in [3.63, 3.8) is 0 Å². The number of carbonyl (C=O) groups is 1. The first-order chi connectivity index (χ1) is 11.2. The van der Waals surface area contributed by atoms with E-state index in [1.807, 2.05) is 0 Å². The minimum atomic E-state index is 0.0999. The zero-order valence-corrected chi connectivity index (χ0v) is 13.5. The van der Waals surface area contributed by atoms with Crippen LogP contribution in [0.1, 0.15) is 61.0 Å². The molecule has 0 spiro atoms. The van der Waals surface area contributed by atoms with Crippen LogP contribution in [0.25, 0.3) is 0 Å². The first-order valence-corrected chi connectivity index (χ1v) is 8.39. The Morgan fingerprint density at radius 1 is 1.35 bits per heavy atom. The van der Waals surface area contributed by atoms with E-state index in [1.165, 1.54) is 17.5 Å². The fourth-order valence-corrected chi connectivity index (χ4v) is 3.18. The van der Waals surface area contributed by atoms with E-state index >= 15 is 0 Å². The number of fused-ring (bicyclic) bond motifs is 1. The summed E-state index contributed by atoms with van der Waals surface area (Å²) < 4.78 is 5.07.